The molecule has 3 rings (SSSR count). The highest BCUT2D eigenvalue weighted by Gasteiger charge is 2.44. The van der Waals surface area contributed by atoms with Crippen LogP contribution in [0, 0.1) is 0 Å². The molecule has 10 heteroatoms. The van der Waals surface area contributed by atoms with Crippen molar-refractivity contribution in [3.8, 4) is 0 Å². The van der Waals surface area contributed by atoms with E-state index in [0.717, 1.165) is 4.68 Å². The summed E-state index contributed by atoms with van der Waals surface area (Å²) in [5, 5.41) is 32.6. The molecule has 1 aliphatic rings. The molecular formula is C10H12N4O6. The lowest BCUT2D eigenvalue weighted by Gasteiger charge is -2.15. The Bertz CT molecular complexity index is 748. The first-order valence-electron chi connectivity index (χ1n) is 5.85. The number of ether oxygens (including phenoxy) is 1. The van der Waals surface area contributed by atoms with E-state index in [1.165, 1.54) is 6.20 Å². The quantitative estimate of drug-likeness (QED) is 0.394. The average molecular weight is 284 g/mol. The molecule has 1 saturated heterocycles. The highest BCUT2D eigenvalue weighted by Crippen LogP contribution is 2.29. The zero-order valence-electron chi connectivity index (χ0n) is 10.1. The second kappa shape index (κ2) is 4.52. The fraction of sp³-hybridized carbons (Fsp3) is 0.500. The van der Waals surface area contributed by atoms with Crippen molar-refractivity contribution in [1.29, 1.82) is 0 Å². The molecule has 0 bridgehead atoms. The summed E-state index contributed by atoms with van der Waals surface area (Å²) in [5.74, 6) is 0. The summed E-state index contributed by atoms with van der Waals surface area (Å²) in [7, 11) is 0. The standard InChI is InChI=1S/C10H12N4O6/c15-2-4-5(16)6(17)9(20-4)14-7-3(1-11-14)8(18)13-10(19)12-7/h1,4-6,9,15-17H,2H2,(H2,12,13,18,19)/t4-,5-,6-,9-/m1/s1. The van der Waals surface area contributed by atoms with Gasteiger partial charge in [0.15, 0.2) is 6.23 Å². The van der Waals surface area contributed by atoms with E-state index >= 15 is 0 Å². The molecule has 1 fully saturated rings. The van der Waals surface area contributed by atoms with Gasteiger partial charge in [0.2, 0.25) is 0 Å². The van der Waals surface area contributed by atoms with Crippen LogP contribution < -0.4 is 11.2 Å². The third-order valence-corrected chi connectivity index (χ3v) is 3.26. The number of aromatic amines is 2. The Morgan fingerprint density at radius 2 is 2.05 bits per heavy atom. The normalized spacial score (nSPS) is 30.1. The third-order valence-electron chi connectivity index (χ3n) is 3.26. The summed E-state index contributed by atoms with van der Waals surface area (Å²) in [6, 6.07) is 0. The van der Waals surface area contributed by atoms with Gasteiger partial charge in [-0.3, -0.25) is 14.8 Å². The van der Waals surface area contributed by atoms with E-state index in [-0.39, 0.29) is 11.0 Å². The van der Waals surface area contributed by atoms with Crippen LogP contribution >= 0.6 is 0 Å². The van der Waals surface area contributed by atoms with Crippen LogP contribution in [0.4, 0.5) is 0 Å². The zero-order chi connectivity index (χ0) is 14.4. The second-order valence-corrected chi connectivity index (χ2v) is 4.49. The number of fused-ring (bicyclic) bond motifs is 1. The second-order valence-electron chi connectivity index (χ2n) is 4.49. The van der Waals surface area contributed by atoms with E-state index in [1.807, 2.05) is 4.98 Å². The van der Waals surface area contributed by atoms with Crippen LogP contribution in [0.5, 0.6) is 0 Å². The van der Waals surface area contributed by atoms with E-state index < -0.39 is 42.4 Å². The summed E-state index contributed by atoms with van der Waals surface area (Å²) in [4.78, 5) is 27.3. The van der Waals surface area contributed by atoms with Gasteiger partial charge in [-0.15, -0.1) is 0 Å². The monoisotopic (exact) mass is 284 g/mol. The summed E-state index contributed by atoms with van der Waals surface area (Å²) in [6.07, 6.45) is -3.52. The molecule has 2 aromatic rings. The molecule has 10 nitrogen and oxygen atoms in total. The molecule has 0 radical (unpaired) electrons. The Balaban J connectivity index is 2.12. The molecule has 108 valence electrons. The maximum Gasteiger partial charge on any atom is 0.327 e. The van der Waals surface area contributed by atoms with Crippen LogP contribution in [-0.4, -0.2) is 60.0 Å². The summed E-state index contributed by atoms with van der Waals surface area (Å²) in [6.45, 7) is -0.481. The lowest BCUT2D eigenvalue weighted by molar-refractivity contribution is -0.0566. The first kappa shape index (κ1) is 13.0. The van der Waals surface area contributed by atoms with Crippen LogP contribution in [0.3, 0.4) is 0 Å². The number of hydrogen-bond donors (Lipinski definition) is 5. The summed E-state index contributed by atoms with van der Waals surface area (Å²) in [5.41, 5.74) is -1.29. The van der Waals surface area contributed by atoms with Crippen molar-refractivity contribution in [2.45, 2.75) is 24.5 Å². The maximum absolute atomic E-state index is 11.6. The highest BCUT2D eigenvalue weighted by atomic mass is 16.6. The fourth-order valence-electron chi connectivity index (χ4n) is 2.24. The topological polar surface area (TPSA) is 153 Å². The van der Waals surface area contributed by atoms with Gasteiger partial charge in [-0.2, -0.15) is 5.10 Å². The number of hydrogen-bond acceptors (Lipinski definition) is 7. The van der Waals surface area contributed by atoms with E-state index in [4.69, 9.17) is 9.84 Å². The number of nitrogens with zero attached hydrogens (tertiary/aromatic N) is 2. The van der Waals surface area contributed by atoms with Gasteiger partial charge in [0.05, 0.1) is 12.8 Å². The SMILES string of the molecule is O=c1[nH]c(=O)c2cnn([C@@H]3O[C@H](CO)[C@@H](O)[C@H]3O)c2[nH]1. The Kier molecular flexibility index (Phi) is 2.94. The number of aromatic nitrogens is 4. The van der Waals surface area contributed by atoms with Gasteiger partial charge in [-0.05, 0) is 0 Å². The molecule has 3 heterocycles. The Morgan fingerprint density at radius 3 is 2.70 bits per heavy atom. The smallest absolute Gasteiger partial charge is 0.327 e. The van der Waals surface area contributed by atoms with Gasteiger partial charge >= 0.3 is 5.69 Å². The predicted octanol–water partition coefficient (Wildman–Crippen LogP) is -2.98. The predicted molar refractivity (Wildman–Crippen MR) is 64.0 cm³/mol. The van der Waals surface area contributed by atoms with Crippen molar-refractivity contribution in [1.82, 2.24) is 19.7 Å². The van der Waals surface area contributed by atoms with Gasteiger partial charge in [0, 0.05) is 0 Å². The largest absolute Gasteiger partial charge is 0.394 e. The Labute approximate surface area is 110 Å². The molecule has 0 spiro atoms. The highest BCUT2D eigenvalue weighted by molar-refractivity contribution is 5.72. The number of aliphatic hydroxyl groups excluding tert-OH is 3. The van der Waals surface area contributed by atoms with E-state index in [0.29, 0.717) is 0 Å². The molecule has 4 atom stereocenters. The molecule has 2 aromatic heterocycles. The van der Waals surface area contributed by atoms with Gasteiger partial charge in [0.25, 0.3) is 5.56 Å². The zero-order valence-corrected chi connectivity index (χ0v) is 10.1. The van der Waals surface area contributed by atoms with Crippen LogP contribution in [0.1, 0.15) is 6.23 Å². The van der Waals surface area contributed by atoms with Crippen molar-refractivity contribution in [3.05, 3.63) is 27.0 Å². The first-order chi connectivity index (χ1) is 9.52. The first-order valence-corrected chi connectivity index (χ1v) is 5.85. The maximum atomic E-state index is 11.6. The molecule has 1 aliphatic heterocycles. The third kappa shape index (κ3) is 1.78. The molecule has 20 heavy (non-hydrogen) atoms. The minimum atomic E-state index is -1.35. The molecule has 0 saturated carbocycles. The van der Waals surface area contributed by atoms with Gasteiger partial charge in [0.1, 0.15) is 29.3 Å². The van der Waals surface area contributed by atoms with Crippen molar-refractivity contribution >= 4 is 11.0 Å². The summed E-state index contributed by atoms with van der Waals surface area (Å²) >= 11 is 0. The minimum Gasteiger partial charge on any atom is -0.394 e. The molecule has 0 aliphatic carbocycles. The average Bonchev–Trinajstić information content (AvgIpc) is 2.93. The number of H-pyrrole nitrogens is 2. The van der Waals surface area contributed by atoms with Crippen LogP contribution in [0.2, 0.25) is 0 Å². The molecular weight excluding hydrogens is 272 g/mol. The van der Waals surface area contributed by atoms with E-state index in [1.54, 1.807) is 0 Å². The van der Waals surface area contributed by atoms with Gasteiger partial charge in [-0.25, -0.2) is 9.48 Å². The van der Waals surface area contributed by atoms with Crippen molar-refractivity contribution in [2.24, 2.45) is 0 Å². The fourth-order valence-corrected chi connectivity index (χ4v) is 2.24. The van der Waals surface area contributed by atoms with Crippen molar-refractivity contribution < 1.29 is 20.1 Å². The van der Waals surface area contributed by atoms with Gasteiger partial charge < -0.3 is 20.1 Å². The Morgan fingerprint density at radius 1 is 1.30 bits per heavy atom. The molecule has 0 aromatic carbocycles. The molecule has 0 amide bonds. The van der Waals surface area contributed by atoms with Crippen LogP contribution in [0.25, 0.3) is 11.0 Å². The number of nitrogens with one attached hydrogen (secondary N) is 2. The minimum absolute atomic E-state index is 0.0635. The molecule has 5 N–H and O–H groups in total. The van der Waals surface area contributed by atoms with Crippen LogP contribution in [-0.2, 0) is 4.74 Å². The lowest BCUT2D eigenvalue weighted by atomic mass is 10.1. The van der Waals surface area contributed by atoms with Crippen molar-refractivity contribution in [2.75, 3.05) is 6.61 Å². The molecule has 0 unspecified atom stereocenters. The number of rotatable bonds is 2. The Hall–Kier alpha value is -2.01. The van der Waals surface area contributed by atoms with Crippen molar-refractivity contribution in [3.63, 3.8) is 0 Å². The lowest BCUT2D eigenvalue weighted by Crippen LogP contribution is -2.33. The van der Waals surface area contributed by atoms with Crippen LogP contribution in [0.15, 0.2) is 15.8 Å². The van der Waals surface area contributed by atoms with E-state index in [2.05, 4.69) is 10.1 Å². The summed E-state index contributed by atoms with van der Waals surface area (Å²) < 4.78 is 6.38. The van der Waals surface area contributed by atoms with Gasteiger partial charge in [-0.1, -0.05) is 0 Å². The number of aliphatic hydroxyl groups is 3. The van der Waals surface area contributed by atoms with E-state index in [9.17, 15) is 19.8 Å².